The molecule has 0 aromatic heterocycles. The quantitative estimate of drug-likeness (QED) is 0.481. The molecule has 9 heavy (non-hydrogen) atoms. The van der Waals surface area contributed by atoms with E-state index < -0.39 is 0 Å². The Kier molecular flexibility index (Phi) is 0.974. The van der Waals surface area contributed by atoms with Crippen LogP contribution in [0.4, 0.5) is 0 Å². The highest BCUT2D eigenvalue weighted by atomic mass is 15.0. The normalized spacial score (nSPS) is 30.9. The van der Waals surface area contributed by atoms with Gasteiger partial charge in [0.1, 0.15) is 0 Å². The van der Waals surface area contributed by atoms with Gasteiger partial charge in [-0.1, -0.05) is 12.2 Å². The molecule has 1 N–H and O–H groups in total. The van der Waals surface area contributed by atoms with Crippen molar-refractivity contribution in [3.63, 3.8) is 0 Å². The third-order valence-electron chi connectivity index (χ3n) is 2.42. The summed E-state index contributed by atoms with van der Waals surface area (Å²) in [5, 5.41) is 3.54. The van der Waals surface area contributed by atoms with Gasteiger partial charge in [-0.3, -0.25) is 0 Å². The van der Waals surface area contributed by atoms with E-state index in [2.05, 4.69) is 11.9 Å². The van der Waals surface area contributed by atoms with Gasteiger partial charge in [0.05, 0.1) is 0 Å². The van der Waals surface area contributed by atoms with Crippen molar-refractivity contribution in [2.75, 3.05) is 6.54 Å². The summed E-state index contributed by atoms with van der Waals surface area (Å²) in [5.41, 5.74) is 2.00. The van der Waals surface area contributed by atoms with Crippen LogP contribution in [0.25, 0.3) is 0 Å². The average molecular weight is 123 g/mol. The molecular formula is C8H13N. The molecule has 1 nitrogen and oxygen atoms in total. The van der Waals surface area contributed by atoms with Crippen LogP contribution in [0.1, 0.15) is 25.7 Å². The molecule has 1 aliphatic heterocycles. The largest absolute Gasteiger partial charge is 0.311 e. The summed E-state index contributed by atoms with van der Waals surface area (Å²) in [7, 11) is 0. The molecule has 0 aromatic carbocycles. The SMILES string of the molecule is C=C1CCNC2(CC2)C1. The zero-order valence-corrected chi connectivity index (χ0v) is 5.74. The lowest BCUT2D eigenvalue weighted by Crippen LogP contribution is -2.36. The van der Waals surface area contributed by atoms with E-state index in [1.54, 1.807) is 0 Å². The first-order chi connectivity index (χ1) is 4.31. The van der Waals surface area contributed by atoms with Crippen LogP contribution in [-0.2, 0) is 0 Å². The van der Waals surface area contributed by atoms with Gasteiger partial charge in [0.25, 0.3) is 0 Å². The lowest BCUT2D eigenvalue weighted by Gasteiger charge is -2.24. The van der Waals surface area contributed by atoms with Crippen LogP contribution in [0, 0.1) is 0 Å². The van der Waals surface area contributed by atoms with Crippen LogP contribution in [0.3, 0.4) is 0 Å². The monoisotopic (exact) mass is 123 g/mol. The molecular weight excluding hydrogens is 110 g/mol. The van der Waals surface area contributed by atoms with E-state index in [4.69, 9.17) is 0 Å². The van der Waals surface area contributed by atoms with Gasteiger partial charge in [-0.05, 0) is 32.2 Å². The van der Waals surface area contributed by atoms with Crippen LogP contribution < -0.4 is 5.32 Å². The highest BCUT2D eigenvalue weighted by Crippen LogP contribution is 2.43. The topological polar surface area (TPSA) is 12.0 Å². The van der Waals surface area contributed by atoms with Gasteiger partial charge in [-0.25, -0.2) is 0 Å². The maximum absolute atomic E-state index is 4.01. The Labute approximate surface area is 56.1 Å². The fourth-order valence-corrected chi connectivity index (χ4v) is 1.64. The summed E-state index contributed by atoms with van der Waals surface area (Å²) in [6.45, 7) is 5.18. The molecule has 1 saturated carbocycles. The Hall–Kier alpha value is -0.300. The number of hydrogen-bond acceptors (Lipinski definition) is 1. The molecule has 1 heterocycles. The Morgan fingerprint density at radius 1 is 1.44 bits per heavy atom. The molecule has 2 fully saturated rings. The summed E-state index contributed by atoms with van der Waals surface area (Å²) in [6, 6.07) is 0. The van der Waals surface area contributed by atoms with Crippen molar-refractivity contribution in [1.82, 2.24) is 5.32 Å². The summed E-state index contributed by atoms with van der Waals surface area (Å²) in [4.78, 5) is 0. The zero-order valence-electron chi connectivity index (χ0n) is 5.74. The molecule has 0 bridgehead atoms. The molecule has 0 unspecified atom stereocenters. The fourth-order valence-electron chi connectivity index (χ4n) is 1.64. The Morgan fingerprint density at radius 2 is 2.22 bits per heavy atom. The summed E-state index contributed by atoms with van der Waals surface area (Å²) >= 11 is 0. The van der Waals surface area contributed by atoms with E-state index >= 15 is 0 Å². The van der Waals surface area contributed by atoms with E-state index in [1.165, 1.54) is 37.8 Å². The number of rotatable bonds is 0. The Balaban J connectivity index is 2.04. The molecule has 0 aromatic rings. The molecule has 2 rings (SSSR count). The molecule has 1 spiro atoms. The molecule has 2 aliphatic rings. The maximum atomic E-state index is 4.01. The first kappa shape index (κ1) is 5.48. The van der Waals surface area contributed by atoms with E-state index in [9.17, 15) is 0 Å². The van der Waals surface area contributed by atoms with Gasteiger partial charge in [0.15, 0.2) is 0 Å². The average Bonchev–Trinajstić information content (AvgIpc) is 2.49. The van der Waals surface area contributed by atoms with E-state index in [0.29, 0.717) is 5.54 Å². The van der Waals surface area contributed by atoms with E-state index in [0.717, 1.165) is 0 Å². The second kappa shape index (κ2) is 1.60. The minimum absolute atomic E-state index is 0.551. The van der Waals surface area contributed by atoms with Crippen LogP contribution in [0.5, 0.6) is 0 Å². The minimum Gasteiger partial charge on any atom is -0.311 e. The van der Waals surface area contributed by atoms with Crippen molar-refractivity contribution in [3.8, 4) is 0 Å². The van der Waals surface area contributed by atoms with Crippen molar-refractivity contribution in [2.45, 2.75) is 31.2 Å². The molecule has 0 amide bonds. The summed E-state index contributed by atoms with van der Waals surface area (Å²) < 4.78 is 0. The predicted molar refractivity (Wildman–Crippen MR) is 38.3 cm³/mol. The first-order valence-corrected chi connectivity index (χ1v) is 3.72. The number of hydrogen-bond donors (Lipinski definition) is 1. The summed E-state index contributed by atoms with van der Waals surface area (Å²) in [5.74, 6) is 0. The standard InChI is InChI=1S/C8H13N/c1-7-2-5-9-8(6-7)3-4-8/h9H,1-6H2. The van der Waals surface area contributed by atoms with Gasteiger partial charge >= 0.3 is 0 Å². The molecule has 0 radical (unpaired) electrons. The number of nitrogens with one attached hydrogen (secondary N) is 1. The van der Waals surface area contributed by atoms with Gasteiger partial charge in [0.2, 0.25) is 0 Å². The van der Waals surface area contributed by atoms with Crippen molar-refractivity contribution >= 4 is 0 Å². The van der Waals surface area contributed by atoms with Crippen molar-refractivity contribution in [1.29, 1.82) is 0 Å². The zero-order chi connectivity index (χ0) is 6.32. The third kappa shape index (κ3) is 0.897. The van der Waals surface area contributed by atoms with Crippen molar-refractivity contribution in [3.05, 3.63) is 12.2 Å². The van der Waals surface area contributed by atoms with Gasteiger partial charge in [-0.15, -0.1) is 0 Å². The molecule has 0 atom stereocenters. The second-order valence-electron chi connectivity index (χ2n) is 3.38. The predicted octanol–water partition coefficient (Wildman–Crippen LogP) is 1.46. The molecule has 50 valence electrons. The first-order valence-electron chi connectivity index (χ1n) is 3.72. The Morgan fingerprint density at radius 3 is 2.67 bits per heavy atom. The van der Waals surface area contributed by atoms with Gasteiger partial charge in [-0.2, -0.15) is 0 Å². The van der Waals surface area contributed by atoms with Crippen LogP contribution in [-0.4, -0.2) is 12.1 Å². The van der Waals surface area contributed by atoms with Gasteiger partial charge in [0, 0.05) is 5.54 Å². The van der Waals surface area contributed by atoms with Crippen molar-refractivity contribution in [2.24, 2.45) is 0 Å². The highest BCUT2D eigenvalue weighted by molar-refractivity contribution is 5.15. The number of piperidine rings is 1. The Bertz CT molecular complexity index is 145. The van der Waals surface area contributed by atoms with Crippen LogP contribution in [0.2, 0.25) is 0 Å². The molecule has 1 aliphatic carbocycles. The molecule has 1 saturated heterocycles. The second-order valence-corrected chi connectivity index (χ2v) is 3.38. The molecule has 1 heteroatoms. The maximum Gasteiger partial charge on any atom is 0.0220 e. The minimum atomic E-state index is 0.551. The highest BCUT2D eigenvalue weighted by Gasteiger charge is 2.43. The van der Waals surface area contributed by atoms with Gasteiger partial charge < -0.3 is 5.32 Å². The lowest BCUT2D eigenvalue weighted by atomic mass is 9.99. The summed E-state index contributed by atoms with van der Waals surface area (Å²) in [6.07, 6.45) is 5.20. The van der Waals surface area contributed by atoms with Crippen molar-refractivity contribution < 1.29 is 0 Å². The van der Waals surface area contributed by atoms with E-state index in [1.807, 2.05) is 0 Å². The smallest absolute Gasteiger partial charge is 0.0220 e. The van der Waals surface area contributed by atoms with Crippen LogP contribution >= 0.6 is 0 Å². The van der Waals surface area contributed by atoms with E-state index in [-0.39, 0.29) is 0 Å². The lowest BCUT2D eigenvalue weighted by molar-refractivity contribution is 0.448. The third-order valence-corrected chi connectivity index (χ3v) is 2.42. The van der Waals surface area contributed by atoms with Crippen LogP contribution in [0.15, 0.2) is 12.2 Å². The fraction of sp³-hybridized carbons (Fsp3) is 0.750.